The third kappa shape index (κ3) is 3.62. The maximum Gasteiger partial charge on any atom is 0.410 e. The third-order valence-electron chi connectivity index (χ3n) is 4.08. The van der Waals surface area contributed by atoms with Crippen LogP contribution in [0, 0.1) is 0 Å². The van der Waals surface area contributed by atoms with E-state index in [1.54, 1.807) is 4.90 Å². The molecule has 3 rings (SSSR count). The van der Waals surface area contributed by atoms with Crippen molar-refractivity contribution < 1.29 is 9.53 Å². The van der Waals surface area contributed by atoms with Crippen molar-refractivity contribution in [3.8, 4) is 11.1 Å². The van der Waals surface area contributed by atoms with Crippen LogP contribution in [0.1, 0.15) is 18.9 Å². The van der Waals surface area contributed by atoms with Gasteiger partial charge in [0.25, 0.3) is 0 Å². The van der Waals surface area contributed by atoms with Gasteiger partial charge in [-0.15, -0.1) is 0 Å². The van der Waals surface area contributed by atoms with E-state index in [0.717, 1.165) is 6.42 Å². The van der Waals surface area contributed by atoms with Crippen LogP contribution in [0.2, 0.25) is 0 Å². The lowest BCUT2D eigenvalue weighted by atomic mass is 9.96. The molecule has 0 bridgehead atoms. The molecule has 2 aromatic carbocycles. The van der Waals surface area contributed by atoms with E-state index in [1.807, 2.05) is 13.0 Å². The van der Waals surface area contributed by atoms with E-state index in [9.17, 15) is 4.79 Å². The molecule has 0 atom stereocenters. The maximum absolute atomic E-state index is 11.8. The van der Waals surface area contributed by atoms with Crippen LogP contribution >= 0.6 is 0 Å². The number of hydrogen-bond donors (Lipinski definition) is 0. The molecule has 2 aromatic rings. The second-order valence-corrected chi connectivity index (χ2v) is 5.57. The Balaban J connectivity index is 1.77. The Morgan fingerprint density at radius 2 is 1.78 bits per heavy atom. The van der Waals surface area contributed by atoms with E-state index in [4.69, 9.17) is 4.74 Å². The molecule has 1 aliphatic rings. The summed E-state index contributed by atoms with van der Waals surface area (Å²) in [6.45, 7) is 3.58. The van der Waals surface area contributed by atoms with Gasteiger partial charge in [0.05, 0.1) is 6.61 Å². The zero-order valence-corrected chi connectivity index (χ0v) is 13.4. The molecule has 0 saturated heterocycles. The van der Waals surface area contributed by atoms with Gasteiger partial charge in [0.2, 0.25) is 0 Å². The monoisotopic (exact) mass is 307 g/mol. The topological polar surface area (TPSA) is 29.5 Å². The average Bonchev–Trinajstić information content (AvgIpc) is 2.63. The molecular formula is C20H21NO2. The molecule has 0 spiro atoms. The van der Waals surface area contributed by atoms with Gasteiger partial charge in [-0.2, -0.15) is 0 Å². The molecule has 0 fully saturated rings. The van der Waals surface area contributed by atoms with Crippen molar-refractivity contribution in [1.29, 1.82) is 0 Å². The third-order valence-corrected chi connectivity index (χ3v) is 4.08. The van der Waals surface area contributed by atoms with Crippen molar-refractivity contribution >= 4 is 11.7 Å². The minimum absolute atomic E-state index is 0.221. The summed E-state index contributed by atoms with van der Waals surface area (Å²) in [5.74, 6) is 0. The van der Waals surface area contributed by atoms with E-state index in [-0.39, 0.29) is 6.09 Å². The van der Waals surface area contributed by atoms with Gasteiger partial charge in [-0.05, 0) is 41.7 Å². The number of benzene rings is 2. The van der Waals surface area contributed by atoms with Gasteiger partial charge in [0, 0.05) is 13.1 Å². The van der Waals surface area contributed by atoms with Crippen LogP contribution in [0.4, 0.5) is 4.79 Å². The first-order valence-corrected chi connectivity index (χ1v) is 8.04. The quantitative estimate of drug-likeness (QED) is 0.829. The molecule has 0 unspecified atom stereocenters. The fourth-order valence-electron chi connectivity index (χ4n) is 2.84. The van der Waals surface area contributed by atoms with Gasteiger partial charge in [-0.1, -0.05) is 54.6 Å². The Morgan fingerprint density at radius 3 is 2.48 bits per heavy atom. The zero-order chi connectivity index (χ0) is 16.1. The lowest BCUT2D eigenvalue weighted by molar-refractivity contribution is 0.111. The molecule has 1 amide bonds. The Bertz CT molecular complexity index is 707. The molecule has 0 aromatic heterocycles. The fourth-order valence-corrected chi connectivity index (χ4v) is 2.84. The summed E-state index contributed by atoms with van der Waals surface area (Å²) < 4.78 is 5.06. The van der Waals surface area contributed by atoms with Crippen molar-refractivity contribution in [2.75, 3.05) is 19.7 Å². The molecule has 1 heterocycles. The predicted molar refractivity (Wildman–Crippen MR) is 93.1 cm³/mol. The molecule has 23 heavy (non-hydrogen) atoms. The molecule has 0 radical (unpaired) electrons. The van der Waals surface area contributed by atoms with Crippen LogP contribution < -0.4 is 0 Å². The SMILES string of the molecule is CCOC(=O)N1CC=C(c2cccc(-c3ccccc3)c2)CC1. The van der Waals surface area contributed by atoms with Gasteiger partial charge < -0.3 is 9.64 Å². The van der Waals surface area contributed by atoms with E-state index in [1.165, 1.54) is 22.3 Å². The molecule has 1 aliphatic heterocycles. The Hall–Kier alpha value is -2.55. The second kappa shape index (κ2) is 7.14. The molecule has 0 N–H and O–H groups in total. The summed E-state index contributed by atoms with van der Waals surface area (Å²) in [6, 6.07) is 19.0. The highest BCUT2D eigenvalue weighted by Gasteiger charge is 2.18. The number of nitrogens with zero attached hydrogens (tertiary/aromatic N) is 1. The highest BCUT2D eigenvalue weighted by atomic mass is 16.6. The lowest BCUT2D eigenvalue weighted by Crippen LogP contribution is -2.35. The zero-order valence-electron chi connectivity index (χ0n) is 13.4. The number of carbonyl (C=O) groups is 1. The number of carbonyl (C=O) groups excluding carboxylic acids is 1. The van der Waals surface area contributed by atoms with Crippen molar-refractivity contribution in [2.45, 2.75) is 13.3 Å². The Morgan fingerprint density at radius 1 is 1.04 bits per heavy atom. The van der Waals surface area contributed by atoms with Crippen LogP contribution in [0.5, 0.6) is 0 Å². The molecular weight excluding hydrogens is 286 g/mol. The van der Waals surface area contributed by atoms with Crippen LogP contribution in [0.25, 0.3) is 16.7 Å². The number of hydrogen-bond acceptors (Lipinski definition) is 2. The minimum Gasteiger partial charge on any atom is -0.450 e. The van der Waals surface area contributed by atoms with Crippen molar-refractivity contribution in [3.63, 3.8) is 0 Å². The van der Waals surface area contributed by atoms with Gasteiger partial charge in [0.1, 0.15) is 0 Å². The van der Waals surface area contributed by atoms with Gasteiger partial charge in [0.15, 0.2) is 0 Å². The average molecular weight is 307 g/mol. The molecule has 0 saturated carbocycles. The number of amides is 1. The smallest absolute Gasteiger partial charge is 0.410 e. The highest BCUT2D eigenvalue weighted by molar-refractivity contribution is 5.75. The summed E-state index contributed by atoms with van der Waals surface area (Å²) >= 11 is 0. The van der Waals surface area contributed by atoms with Crippen LogP contribution in [0.15, 0.2) is 60.7 Å². The van der Waals surface area contributed by atoms with E-state index < -0.39 is 0 Å². The van der Waals surface area contributed by atoms with Crippen molar-refractivity contribution in [2.24, 2.45) is 0 Å². The summed E-state index contributed by atoms with van der Waals surface area (Å²) in [5, 5.41) is 0. The van der Waals surface area contributed by atoms with Crippen LogP contribution in [-0.4, -0.2) is 30.7 Å². The molecule has 3 heteroatoms. The molecule has 118 valence electrons. The van der Waals surface area contributed by atoms with Gasteiger partial charge >= 0.3 is 6.09 Å². The van der Waals surface area contributed by atoms with Gasteiger partial charge in [-0.3, -0.25) is 0 Å². The fraction of sp³-hybridized carbons (Fsp3) is 0.250. The number of rotatable bonds is 3. The predicted octanol–water partition coefficient (Wildman–Crippen LogP) is 4.60. The van der Waals surface area contributed by atoms with E-state index in [2.05, 4.69) is 54.6 Å². The number of ether oxygens (including phenoxy) is 1. The van der Waals surface area contributed by atoms with Gasteiger partial charge in [-0.25, -0.2) is 4.79 Å². The highest BCUT2D eigenvalue weighted by Crippen LogP contribution is 2.27. The summed E-state index contributed by atoms with van der Waals surface area (Å²) in [5.41, 5.74) is 4.97. The Kier molecular flexibility index (Phi) is 4.77. The normalized spacial score (nSPS) is 14.3. The van der Waals surface area contributed by atoms with Crippen molar-refractivity contribution in [3.05, 3.63) is 66.2 Å². The summed E-state index contributed by atoms with van der Waals surface area (Å²) in [7, 11) is 0. The molecule has 3 nitrogen and oxygen atoms in total. The second-order valence-electron chi connectivity index (χ2n) is 5.57. The lowest BCUT2D eigenvalue weighted by Gasteiger charge is -2.26. The first-order valence-electron chi connectivity index (χ1n) is 8.04. The van der Waals surface area contributed by atoms with Crippen molar-refractivity contribution in [1.82, 2.24) is 4.90 Å². The summed E-state index contributed by atoms with van der Waals surface area (Å²) in [6.07, 6.45) is 2.77. The first kappa shape index (κ1) is 15.3. The standard InChI is InChI=1S/C20H21NO2/c1-2-23-20(22)21-13-11-17(12-14-21)19-10-6-9-18(15-19)16-7-4-3-5-8-16/h3-11,15H,2,12-14H2,1H3. The maximum atomic E-state index is 11.8. The van der Waals surface area contributed by atoms with Crippen LogP contribution in [0.3, 0.4) is 0 Å². The minimum atomic E-state index is -0.221. The first-order chi connectivity index (χ1) is 11.3. The largest absolute Gasteiger partial charge is 0.450 e. The van der Waals surface area contributed by atoms with E-state index >= 15 is 0 Å². The Labute approximate surface area is 137 Å². The van der Waals surface area contributed by atoms with E-state index in [0.29, 0.717) is 19.7 Å². The molecule has 0 aliphatic carbocycles. The summed E-state index contributed by atoms with van der Waals surface area (Å²) in [4.78, 5) is 13.5. The van der Waals surface area contributed by atoms with Crippen LogP contribution in [-0.2, 0) is 4.74 Å².